The quantitative estimate of drug-likeness (QED) is 0.669. The summed E-state index contributed by atoms with van der Waals surface area (Å²) in [4.78, 5) is 25.4. The molecule has 5 heteroatoms. The Labute approximate surface area is 165 Å². The van der Waals surface area contributed by atoms with Gasteiger partial charge in [0.1, 0.15) is 17.4 Å². The van der Waals surface area contributed by atoms with Gasteiger partial charge in [-0.2, -0.15) is 0 Å². The second-order valence-corrected chi connectivity index (χ2v) is 7.48. The Balaban J connectivity index is 1.69. The van der Waals surface area contributed by atoms with Crippen molar-refractivity contribution in [3.63, 3.8) is 0 Å². The van der Waals surface area contributed by atoms with Crippen LogP contribution in [0.4, 0.5) is 0 Å². The van der Waals surface area contributed by atoms with Gasteiger partial charge in [0, 0.05) is 10.9 Å². The van der Waals surface area contributed by atoms with Crippen LogP contribution in [0.2, 0.25) is 0 Å². The van der Waals surface area contributed by atoms with Gasteiger partial charge in [0.05, 0.1) is 6.04 Å². The Morgan fingerprint density at radius 1 is 0.929 bits per heavy atom. The first-order valence-electron chi connectivity index (χ1n) is 9.51. The maximum Gasteiger partial charge on any atom is 0.251 e. The number of para-hydroxylation sites is 1. The normalized spacial score (nSPS) is 13.3. The zero-order valence-corrected chi connectivity index (χ0v) is 16.7. The smallest absolute Gasteiger partial charge is 0.251 e. The molecule has 0 aliphatic rings. The van der Waals surface area contributed by atoms with E-state index in [1.54, 1.807) is 12.1 Å². The molecule has 146 valence electrons. The highest BCUT2D eigenvalue weighted by molar-refractivity contribution is 5.97. The van der Waals surface area contributed by atoms with Crippen LogP contribution < -0.4 is 10.6 Å². The number of amides is 2. The molecule has 0 aliphatic carbocycles. The molecule has 5 nitrogen and oxygen atoms in total. The van der Waals surface area contributed by atoms with Crippen molar-refractivity contribution in [2.24, 2.45) is 5.92 Å². The molecule has 0 aliphatic heterocycles. The third-order valence-corrected chi connectivity index (χ3v) is 4.78. The number of furan rings is 1. The van der Waals surface area contributed by atoms with E-state index in [0.717, 1.165) is 16.5 Å². The fourth-order valence-electron chi connectivity index (χ4n) is 3.05. The molecule has 2 aromatic carbocycles. The highest BCUT2D eigenvalue weighted by atomic mass is 16.3. The van der Waals surface area contributed by atoms with Crippen LogP contribution in [-0.4, -0.2) is 17.9 Å². The maximum atomic E-state index is 12.8. The SMILES string of the molecule is Cc1ccc(C(=O)NC(C(=O)NC(C)c2cc3ccccc3o2)C(C)C)cc1. The second kappa shape index (κ2) is 8.30. The predicted octanol–water partition coefficient (Wildman–Crippen LogP) is 4.37. The van der Waals surface area contributed by atoms with E-state index in [-0.39, 0.29) is 23.8 Å². The molecule has 1 aromatic heterocycles. The van der Waals surface area contributed by atoms with Crippen molar-refractivity contribution in [1.29, 1.82) is 0 Å². The van der Waals surface area contributed by atoms with Crippen LogP contribution in [0, 0.1) is 12.8 Å². The van der Waals surface area contributed by atoms with Crippen LogP contribution in [0.3, 0.4) is 0 Å². The number of carbonyl (C=O) groups is 2. The van der Waals surface area contributed by atoms with Crippen molar-refractivity contribution >= 4 is 22.8 Å². The number of benzene rings is 2. The van der Waals surface area contributed by atoms with Gasteiger partial charge in [0.25, 0.3) is 5.91 Å². The van der Waals surface area contributed by atoms with Crippen LogP contribution in [-0.2, 0) is 4.79 Å². The summed E-state index contributed by atoms with van der Waals surface area (Å²) in [6.07, 6.45) is 0. The molecule has 3 aromatic rings. The maximum absolute atomic E-state index is 12.8. The fraction of sp³-hybridized carbons (Fsp3) is 0.304. The van der Waals surface area contributed by atoms with E-state index in [1.807, 2.05) is 70.2 Å². The molecular weight excluding hydrogens is 352 g/mol. The summed E-state index contributed by atoms with van der Waals surface area (Å²) < 4.78 is 5.83. The highest BCUT2D eigenvalue weighted by Gasteiger charge is 2.26. The molecule has 0 saturated heterocycles. The van der Waals surface area contributed by atoms with E-state index >= 15 is 0 Å². The first-order chi connectivity index (χ1) is 13.3. The summed E-state index contributed by atoms with van der Waals surface area (Å²) in [7, 11) is 0. The van der Waals surface area contributed by atoms with E-state index in [2.05, 4.69) is 10.6 Å². The van der Waals surface area contributed by atoms with Crippen molar-refractivity contribution in [2.45, 2.75) is 39.8 Å². The lowest BCUT2D eigenvalue weighted by molar-refractivity contribution is -0.124. The summed E-state index contributed by atoms with van der Waals surface area (Å²) >= 11 is 0. The number of aryl methyl sites for hydroxylation is 1. The first-order valence-corrected chi connectivity index (χ1v) is 9.51. The van der Waals surface area contributed by atoms with Crippen molar-refractivity contribution in [2.75, 3.05) is 0 Å². The third-order valence-electron chi connectivity index (χ3n) is 4.78. The van der Waals surface area contributed by atoms with E-state index in [4.69, 9.17) is 4.42 Å². The summed E-state index contributed by atoms with van der Waals surface area (Å²) in [6, 6.07) is 16.0. The van der Waals surface area contributed by atoms with Crippen LogP contribution in [0.25, 0.3) is 11.0 Å². The predicted molar refractivity (Wildman–Crippen MR) is 110 cm³/mol. The van der Waals surface area contributed by atoms with Gasteiger partial charge in [-0.05, 0) is 44.0 Å². The lowest BCUT2D eigenvalue weighted by atomic mass is 10.0. The monoisotopic (exact) mass is 378 g/mol. The lowest BCUT2D eigenvalue weighted by Gasteiger charge is -2.23. The average molecular weight is 378 g/mol. The largest absolute Gasteiger partial charge is 0.459 e. The Kier molecular flexibility index (Phi) is 5.83. The van der Waals surface area contributed by atoms with Crippen LogP contribution in [0.15, 0.2) is 59.0 Å². The standard InChI is InChI=1S/C23H26N2O3/c1-14(2)21(25-22(26)17-11-9-15(3)10-12-17)23(27)24-16(4)20-13-18-7-5-6-8-19(18)28-20/h5-14,16,21H,1-4H3,(H,24,27)(H,25,26). The van der Waals surface area contributed by atoms with Crippen LogP contribution >= 0.6 is 0 Å². The summed E-state index contributed by atoms with van der Waals surface area (Å²) in [5.74, 6) is 0.132. The number of carbonyl (C=O) groups excluding carboxylic acids is 2. The summed E-state index contributed by atoms with van der Waals surface area (Å²) in [6.45, 7) is 7.65. The third kappa shape index (κ3) is 4.42. The highest BCUT2D eigenvalue weighted by Crippen LogP contribution is 2.23. The molecule has 2 unspecified atom stereocenters. The molecule has 0 radical (unpaired) electrons. The van der Waals surface area contributed by atoms with Gasteiger partial charge < -0.3 is 15.1 Å². The average Bonchev–Trinajstić information content (AvgIpc) is 3.10. The zero-order valence-electron chi connectivity index (χ0n) is 16.7. The molecule has 0 fully saturated rings. The fourth-order valence-corrected chi connectivity index (χ4v) is 3.05. The minimum absolute atomic E-state index is 0.0581. The number of rotatable bonds is 6. The van der Waals surface area contributed by atoms with Crippen molar-refractivity contribution < 1.29 is 14.0 Å². The summed E-state index contributed by atoms with van der Waals surface area (Å²) in [5.41, 5.74) is 2.40. The lowest BCUT2D eigenvalue weighted by Crippen LogP contribution is -2.50. The topological polar surface area (TPSA) is 71.3 Å². The molecule has 28 heavy (non-hydrogen) atoms. The summed E-state index contributed by atoms with van der Waals surface area (Å²) in [5, 5.41) is 6.80. The molecule has 1 heterocycles. The van der Waals surface area contributed by atoms with Crippen molar-refractivity contribution in [3.8, 4) is 0 Å². The minimum Gasteiger partial charge on any atom is -0.459 e. The molecule has 2 atom stereocenters. The number of hydrogen-bond acceptors (Lipinski definition) is 3. The van der Waals surface area contributed by atoms with Gasteiger partial charge in [0.2, 0.25) is 5.91 Å². The van der Waals surface area contributed by atoms with E-state index in [9.17, 15) is 9.59 Å². The van der Waals surface area contributed by atoms with Crippen molar-refractivity contribution in [3.05, 3.63) is 71.5 Å². The molecule has 0 bridgehead atoms. The van der Waals surface area contributed by atoms with Gasteiger partial charge in [-0.25, -0.2) is 0 Å². The van der Waals surface area contributed by atoms with Crippen molar-refractivity contribution in [1.82, 2.24) is 10.6 Å². The van der Waals surface area contributed by atoms with Gasteiger partial charge in [-0.15, -0.1) is 0 Å². The second-order valence-electron chi connectivity index (χ2n) is 7.48. The minimum atomic E-state index is -0.638. The van der Waals surface area contributed by atoms with E-state index < -0.39 is 6.04 Å². The molecular formula is C23H26N2O3. The van der Waals surface area contributed by atoms with Gasteiger partial charge in [-0.1, -0.05) is 49.7 Å². The zero-order chi connectivity index (χ0) is 20.3. The van der Waals surface area contributed by atoms with Gasteiger partial charge in [0.15, 0.2) is 0 Å². The molecule has 3 rings (SSSR count). The van der Waals surface area contributed by atoms with Gasteiger partial charge in [-0.3, -0.25) is 9.59 Å². The Morgan fingerprint density at radius 3 is 2.25 bits per heavy atom. The van der Waals surface area contributed by atoms with E-state index in [0.29, 0.717) is 11.3 Å². The van der Waals surface area contributed by atoms with Gasteiger partial charge >= 0.3 is 0 Å². The molecule has 0 saturated carbocycles. The Morgan fingerprint density at radius 2 is 1.61 bits per heavy atom. The first kappa shape index (κ1) is 19.7. The molecule has 2 amide bonds. The Hall–Kier alpha value is -3.08. The molecule has 2 N–H and O–H groups in total. The Bertz CT molecular complexity index is 940. The van der Waals surface area contributed by atoms with E-state index in [1.165, 1.54) is 0 Å². The van der Waals surface area contributed by atoms with Crippen LogP contribution in [0.1, 0.15) is 48.5 Å². The molecule has 0 spiro atoms. The number of hydrogen-bond donors (Lipinski definition) is 2. The van der Waals surface area contributed by atoms with Crippen LogP contribution in [0.5, 0.6) is 0 Å². The number of nitrogens with one attached hydrogen (secondary N) is 2. The number of fused-ring (bicyclic) bond motifs is 1.